The lowest BCUT2D eigenvalue weighted by Gasteiger charge is -2.29. The van der Waals surface area contributed by atoms with Crippen molar-refractivity contribution in [3.63, 3.8) is 0 Å². The fourth-order valence-corrected chi connectivity index (χ4v) is 3.27. The van der Waals surface area contributed by atoms with Crippen molar-refractivity contribution in [2.45, 2.75) is 41.0 Å². The average molecular weight is 350 g/mol. The third-order valence-electron chi connectivity index (χ3n) is 4.60. The Bertz CT molecular complexity index is 876. The second kappa shape index (κ2) is 7.10. The van der Waals surface area contributed by atoms with E-state index >= 15 is 0 Å². The molecular weight excluding hydrogens is 322 g/mol. The van der Waals surface area contributed by atoms with Crippen LogP contribution in [0, 0.1) is 17.3 Å². The molecule has 0 aliphatic heterocycles. The summed E-state index contributed by atoms with van der Waals surface area (Å²) in [6.07, 6.45) is 4.61. The number of ether oxygens (including phenoxy) is 1. The molecule has 1 aromatic carbocycles. The summed E-state index contributed by atoms with van der Waals surface area (Å²) in [4.78, 5) is 12.6. The first-order valence-electron chi connectivity index (χ1n) is 9.14. The molecule has 0 aliphatic rings. The van der Waals surface area contributed by atoms with Crippen LogP contribution < -0.4 is 4.74 Å². The van der Waals surface area contributed by atoms with Crippen LogP contribution >= 0.6 is 0 Å². The van der Waals surface area contributed by atoms with Gasteiger partial charge in [-0.25, -0.2) is 4.98 Å². The molecule has 0 unspecified atom stereocenters. The van der Waals surface area contributed by atoms with Gasteiger partial charge in [-0.1, -0.05) is 34.6 Å². The third kappa shape index (κ3) is 3.74. The number of methoxy groups -OCH3 is 1. The van der Waals surface area contributed by atoms with Crippen LogP contribution in [0.25, 0.3) is 22.2 Å². The van der Waals surface area contributed by atoms with Gasteiger partial charge in [0.2, 0.25) is 0 Å². The molecule has 4 heteroatoms. The summed E-state index contributed by atoms with van der Waals surface area (Å²) in [6, 6.07) is 8.11. The number of aromatic nitrogens is 3. The number of fused-ring (bicyclic) bond motifs is 1. The molecular formula is C22H28N3O. The number of rotatable bonds is 5. The first-order valence-corrected chi connectivity index (χ1v) is 9.14. The largest absolute Gasteiger partial charge is 0.496 e. The Balaban J connectivity index is 2.11. The van der Waals surface area contributed by atoms with Crippen LogP contribution in [0.4, 0.5) is 0 Å². The highest BCUT2D eigenvalue weighted by molar-refractivity contribution is 5.86. The number of benzene rings is 1. The smallest absolute Gasteiger partial charge is 0.128 e. The van der Waals surface area contributed by atoms with Crippen LogP contribution in [0.1, 0.15) is 46.9 Å². The lowest BCUT2D eigenvalue weighted by Crippen LogP contribution is -2.22. The van der Waals surface area contributed by atoms with Gasteiger partial charge in [0.1, 0.15) is 11.6 Å². The molecule has 0 fully saturated rings. The zero-order valence-electron chi connectivity index (χ0n) is 16.6. The van der Waals surface area contributed by atoms with E-state index in [-0.39, 0.29) is 5.41 Å². The Morgan fingerprint density at radius 2 is 1.85 bits per heavy atom. The van der Waals surface area contributed by atoms with Crippen LogP contribution in [0.5, 0.6) is 5.75 Å². The zero-order valence-corrected chi connectivity index (χ0v) is 16.6. The molecule has 2 heterocycles. The number of nitrogens with zero attached hydrogens (tertiary/aromatic N) is 2. The van der Waals surface area contributed by atoms with Gasteiger partial charge in [-0.2, -0.15) is 0 Å². The van der Waals surface area contributed by atoms with E-state index in [2.05, 4.69) is 50.7 Å². The summed E-state index contributed by atoms with van der Waals surface area (Å²) in [5, 5.41) is 0. The molecule has 26 heavy (non-hydrogen) atoms. The molecule has 0 aliphatic carbocycles. The Kier molecular flexibility index (Phi) is 5.03. The Labute approximate surface area is 156 Å². The normalized spacial score (nSPS) is 12.3. The maximum atomic E-state index is 5.63. The number of aromatic amines is 1. The summed E-state index contributed by atoms with van der Waals surface area (Å²) in [6.45, 7) is 11.3. The van der Waals surface area contributed by atoms with Crippen molar-refractivity contribution in [2.75, 3.05) is 7.11 Å². The summed E-state index contributed by atoms with van der Waals surface area (Å²) in [7, 11) is 1.70. The van der Waals surface area contributed by atoms with Crippen LogP contribution in [-0.2, 0) is 0 Å². The number of hydrogen-bond donors (Lipinski definition) is 1. The molecule has 2 aromatic heterocycles. The highest BCUT2D eigenvalue weighted by Crippen LogP contribution is 2.39. The van der Waals surface area contributed by atoms with Gasteiger partial charge in [-0.3, -0.25) is 4.98 Å². The molecule has 0 saturated carbocycles. The minimum Gasteiger partial charge on any atom is -0.496 e. The van der Waals surface area contributed by atoms with Crippen molar-refractivity contribution in [3.8, 4) is 16.9 Å². The van der Waals surface area contributed by atoms with Gasteiger partial charge in [0, 0.05) is 29.9 Å². The van der Waals surface area contributed by atoms with Crippen molar-refractivity contribution in [2.24, 2.45) is 11.3 Å². The number of nitrogens with one attached hydrogen (secondary N) is 1. The predicted octanol–water partition coefficient (Wildman–Crippen LogP) is 5.65. The van der Waals surface area contributed by atoms with E-state index in [0.717, 1.165) is 40.2 Å². The molecule has 1 radical (unpaired) electrons. The van der Waals surface area contributed by atoms with E-state index in [9.17, 15) is 0 Å². The second-order valence-electron chi connectivity index (χ2n) is 8.22. The van der Waals surface area contributed by atoms with Crippen molar-refractivity contribution in [1.29, 1.82) is 0 Å². The van der Waals surface area contributed by atoms with Gasteiger partial charge >= 0.3 is 0 Å². The lowest BCUT2D eigenvalue weighted by atomic mass is 9.76. The summed E-state index contributed by atoms with van der Waals surface area (Å²) >= 11 is 0. The molecule has 1 N–H and O–H groups in total. The van der Waals surface area contributed by atoms with E-state index < -0.39 is 0 Å². The third-order valence-corrected chi connectivity index (χ3v) is 4.60. The van der Waals surface area contributed by atoms with E-state index in [1.165, 1.54) is 5.92 Å². The second-order valence-corrected chi connectivity index (χ2v) is 8.22. The molecule has 0 amide bonds. The SMILES string of the molecule is COc1cc2[nH]c([C](CC(C)C)C(C)(C)C)nc2cc1-c1ccncc1. The van der Waals surface area contributed by atoms with Crippen LogP contribution in [-0.4, -0.2) is 22.1 Å². The van der Waals surface area contributed by atoms with Gasteiger partial charge in [-0.15, -0.1) is 0 Å². The van der Waals surface area contributed by atoms with Crippen molar-refractivity contribution < 1.29 is 4.74 Å². The van der Waals surface area contributed by atoms with Crippen molar-refractivity contribution in [1.82, 2.24) is 15.0 Å². The Morgan fingerprint density at radius 3 is 2.42 bits per heavy atom. The molecule has 0 saturated heterocycles. The van der Waals surface area contributed by atoms with E-state index in [1.807, 2.05) is 18.2 Å². The summed E-state index contributed by atoms with van der Waals surface area (Å²) < 4.78 is 5.63. The average Bonchev–Trinajstić information content (AvgIpc) is 3.00. The van der Waals surface area contributed by atoms with Crippen molar-refractivity contribution in [3.05, 3.63) is 48.4 Å². The van der Waals surface area contributed by atoms with Gasteiger partial charge in [0.25, 0.3) is 0 Å². The predicted molar refractivity (Wildman–Crippen MR) is 107 cm³/mol. The van der Waals surface area contributed by atoms with Crippen LogP contribution in [0.15, 0.2) is 36.7 Å². The van der Waals surface area contributed by atoms with E-state index in [0.29, 0.717) is 5.92 Å². The standard InChI is InChI=1S/C22H28N3O/c1-14(2)11-17(22(3,4)5)21-24-18-12-16(15-7-9-23-10-8-15)20(26-6)13-19(18)25-21/h7-10,12-14H,11H2,1-6H3,(H,24,25). The Hall–Kier alpha value is -2.36. The van der Waals surface area contributed by atoms with Gasteiger partial charge < -0.3 is 9.72 Å². The fourth-order valence-electron chi connectivity index (χ4n) is 3.27. The number of pyridine rings is 1. The number of hydrogen-bond acceptors (Lipinski definition) is 3. The summed E-state index contributed by atoms with van der Waals surface area (Å²) in [5.74, 6) is 3.75. The molecule has 137 valence electrons. The first-order chi connectivity index (χ1) is 12.3. The molecule has 0 atom stereocenters. The first kappa shape index (κ1) is 18.4. The number of imidazole rings is 1. The van der Waals surface area contributed by atoms with Gasteiger partial charge in [0.05, 0.1) is 18.1 Å². The Morgan fingerprint density at radius 1 is 1.15 bits per heavy atom. The highest BCUT2D eigenvalue weighted by Gasteiger charge is 2.30. The quantitative estimate of drug-likeness (QED) is 0.647. The molecule has 0 bridgehead atoms. The minimum absolute atomic E-state index is 0.0656. The zero-order chi connectivity index (χ0) is 18.9. The molecule has 0 spiro atoms. The minimum atomic E-state index is 0.0656. The highest BCUT2D eigenvalue weighted by atomic mass is 16.5. The fraction of sp³-hybridized carbons (Fsp3) is 0.409. The number of H-pyrrole nitrogens is 1. The van der Waals surface area contributed by atoms with Crippen LogP contribution in [0.3, 0.4) is 0 Å². The maximum absolute atomic E-state index is 5.63. The van der Waals surface area contributed by atoms with E-state index in [1.54, 1.807) is 19.5 Å². The topological polar surface area (TPSA) is 50.8 Å². The monoisotopic (exact) mass is 350 g/mol. The van der Waals surface area contributed by atoms with Gasteiger partial charge in [0.15, 0.2) is 0 Å². The lowest BCUT2D eigenvalue weighted by molar-refractivity contribution is 0.389. The maximum Gasteiger partial charge on any atom is 0.128 e. The van der Waals surface area contributed by atoms with E-state index in [4.69, 9.17) is 9.72 Å². The van der Waals surface area contributed by atoms with Gasteiger partial charge in [-0.05, 0) is 41.5 Å². The molecule has 3 rings (SSSR count). The molecule has 4 nitrogen and oxygen atoms in total. The molecule has 3 aromatic rings. The summed E-state index contributed by atoms with van der Waals surface area (Å²) in [5.41, 5.74) is 4.13. The van der Waals surface area contributed by atoms with Crippen molar-refractivity contribution >= 4 is 11.0 Å². The van der Waals surface area contributed by atoms with Crippen LogP contribution in [0.2, 0.25) is 0 Å².